The smallest absolute Gasteiger partial charge is 0.351 e. The van der Waals surface area contributed by atoms with Crippen molar-refractivity contribution in [2.75, 3.05) is 19.6 Å². The summed E-state index contributed by atoms with van der Waals surface area (Å²) in [5.41, 5.74) is 0.0609. The first-order chi connectivity index (χ1) is 10.3. The van der Waals surface area contributed by atoms with Gasteiger partial charge in [-0.3, -0.25) is 9.69 Å². The van der Waals surface area contributed by atoms with E-state index < -0.39 is 11.7 Å². The molecule has 0 bridgehead atoms. The van der Waals surface area contributed by atoms with Gasteiger partial charge in [0.25, 0.3) is 0 Å². The Bertz CT molecular complexity index is 493. The Hall–Kier alpha value is -1.82. The van der Waals surface area contributed by atoms with Crippen LogP contribution in [0.4, 0.5) is 13.2 Å². The summed E-state index contributed by atoms with van der Waals surface area (Å²) in [4.78, 5) is 13.4. The van der Waals surface area contributed by atoms with E-state index in [-0.39, 0.29) is 11.9 Å². The average molecular weight is 314 g/mol. The molecule has 0 heterocycles. The second kappa shape index (κ2) is 7.98. The lowest BCUT2D eigenvalue weighted by Gasteiger charge is -2.30. The normalized spacial score (nSPS) is 13.0. The van der Waals surface area contributed by atoms with Crippen LogP contribution in [0.5, 0.6) is 0 Å². The van der Waals surface area contributed by atoms with Gasteiger partial charge in [0.15, 0.2) is 0 Å². The summed E-state index contributed by atoms with van der Waals surface area (Å²) in [5.74, 6) is -0.302. The van der Waals surface area contributed by atoms with E-state index in [2.05, 4.69) is 16.8 Å². The standard InChI is InChI=1S/C16H21F3N2O/c1-4-15(22)20-11-14(21(5-2)6-3)12-7-9-13(10-8-12)16(17,18)19/h4,7-10,14H,1,5-6,11H2,2-3H3,(H,20,22). The molecule has 1 amide bonds. The number of nitrogens with zero attached hydrogens (tertiary/aromatic N) is 1. The summed E-state index contributed by atoms with van der Waals surface area (Å²) in [6.45, 7) is 9.09. The van der Waals surface area contributed by atoms with E-state index in [1.165, 1.54) is 18.2 Å². The zero-order valence-corrected chi connectivity index (χ0v) is 12.8. The molecule has 0 spiro atoms. The van der Waals surface area contributed by atoms with Crippen molar-refractivity contribution >= 4 is 5.91 Å². The number of amides is 1. The summed E-state index contributed by atoms with van der Waals surface area (Å²) in [5, 5.41) is 2.70. The minimum absolute atomic E-state index is 0.179. The van der Waals surface area contributed by atoms with Crippen LogP contribution in [0, 0.1) is 0 Å². The molecule has 122 valence electrons. The van der Waals surface area contributed by atoms with Gasteiger partial charge in [0, 0.05) is 6.54 Å². The molecule has 3 nitrogen and oxygen atoms in total. The fourth-order valence-corrected chi connectivity index (χ4v) is 2.29. The molecule has 1 aromatic rings. The summed E-state index contributed by atoms with van der Waals surface area (Å²) in [6, 6.07) is 4.89. The molecule has 0 fully saturated rings. The predicted octanol–water partition coefficient (Wildman–Crippen LogP) is 3.39. The van der Waals surface area contributed by atoms with Crippen molar-refractivity contribution < 1.29 is 18.0 Å². The minimum Gasteiger partial charge on any atom is -0.351 e. The highest BCUT2D eigenvalue weighted by Crippen LogP contribution is 2.30. The van der Waals surface area contributed by atoms with Crippen molar-refractivity contribution in [3.63, 3.8) is 0 Å². The molecule has 0 aliphatic rings. The summed E-state index contributed by atoms with van der Waals surface area (Å²) < 4.78 is 37.9. The number of carbonyl (C=O) groups is 1. The lowest BCUT2D eigenvalue weighted by Crippen LogP contribution is -2.37. The van der Waals surface area contributed by atoms with Crippen LogP contribution in [0.1, 0.15) is 31.0 Å². The van der Waals surface area contributed by atoms with Crippen LogP contribution in [-0.4, -0.2) is 30.4 Å². The number of likely N-dealkylation sites (N-methyl/N-ethyl adjacent to an activating group) is 1. The summed E-state index contributed by atoms with van der Waals surface area (Å²) in [7, 11) is 0. The lowest BCUT2D eigenvalue weighted by molar-refractivity contribution is -0.137. The van der Waals surface area contributed by atoms with Gasteiger partial charge < -0.3 is 5.32 Å². The molecule has 0 aromatic heterocycles. The molecule has 0 radical (unpaired) electrons. The molecule has 0 aliphatic carbocycles. The third kappa shape index (κ3) is 4.87. The molecule has 1 unspecified atom stereocenters. The van der Waals surface area contributed by atoms with Crippen LogP contribution in [0.15, 0.2) is 36.9 Å². The first kappa shape index (κ1) is 18.2. The van der Waals surface area contributed by atoms with Crippen LogP contribution in [-0.2, 0) is 11.0 Å². The van der Waals surface area contributed by atoms with Crippen molar-refractivity contribution in [3.05, 3.63) is 48.0 Å². The van der Waals surface area contributed by atoms with Crippen LogP contribution in [0.3, 0.4) is 0 Å². The Morgan fingerprint density at radius 3 is 2.23 bits per heavy atom. The fraction of sp³-hybridized carbons (Fsp3) is 0.438. The number of hydrogen-bond donors (Lipinski definition) is 1. The molecular weight excluding hydrogens is 293 g/mol. The van der Waals surface area contributed by atoms with Crippen molar-refractivity contribution in [2.45, 2.75) is 26.1 Å². The van der Waals surface area contributed by atoms with Crippen LogP contribution in [0.2, 0.25) is 0 Å². The van der Waals surface area contributed by atoms with E-state index in [0.717, 1.165) is 30.8 Å². The van der Waals surface area contributed by atoms with E-state index >= 15 is 0 Å². The first-order valence-electron chi connectivity index (χ1n) is 7.14. The highest BCUT2D eigenvalue weighted by molar-refractivity contribution is 5.86. The quantitative estimate of drug-likeness (QED) is 0.783. The summed E-state index contributed by atoms with van der Waals surface area (Å²) >= 11 is 0. The van der Waals surface area contributed by atoms with Crippen LogP contribution in [0.25, 0.3) is 0 Å². The van der Waals surface area contributed by atoms with Crippen molar-refractivity contribution in [1.82, 2.24) is 10.2 Å². The molecule has 0 saturated heterocycles. The van der Waals surface area contributed by atoms with Crippen molar-refractivity contribution in [2.24, 2.45) is 0 Å². The van der Waals surface area contributed by atoms with E-state index in [1.807, 2.05) is 13.8 Å². The van der Waals surface area contributed by atoms with Gasteiger partial charge in [-0.25, -0.2) is 0 Å². The van der Waals surface area contributed by atoms with Gasteiger partial charge in [-0.05, 0) is 36.9 Å². The van der Waals surface area contributed by atoms with Gasteiger partial charge >= 0.3 is 6.18 Å². The molecule has 1 rings (SSSR count). The van der Waals surface area contributed by atoms with E-state index in [1.54, 1.807) is 0 Å². The molecule has 0 saturated carbocycles. The highest BCUT2D eigenvalue weighted by Gasteiger charge is 2.30. The largest absolute Gasteiger partial charge is 0.416 e. The second-order valence-electron chi connectivity index (χ2n) is 4.81. The van der Waals surface area contributed by atoms with Crippen LogP contribution < -0.4 is 5.32 Å². The summed E-state index contributed by atoms with van der Waals surface area (Å²) in [6.07, 6.45) is -3.17. The SMILES string of the molecule is C=CC(=O)NCC(c1ccc(C(F)(F)F)cc1)N(CC)CC. The topological polar surface area (TPSA) is 32.3 Å². The minimum atomic E-state index is -4.35. The third-order valence-corrected chi connectivity index (χ3v) is 3.53. The number of hydrogen-bond acceptors (Lipinski definition) is 2. The molecule has 1 N–H and O–H groups in total. The van der Waals surface area contributed by atoms with E-state index in [0.29, 0.717) is 6.54 Å². The highest BCUT2D eigenvalue weighted by atomic mass is 19.4. The van der Waals surface area contributed by atoms with E-state index in [9.17, 15) is 18.0 Å². The Balaban J connectivity index is 2.99. The Morgan fingerprint density at radius 2 is 1.82 bits per heavy atom. The second-order valence-corrected chi connectivity index (χ2v) is 4.81. The molecule has 1 atom stereocenters. The third-order valence-electron chi connectivity index (χ3n) is 3.53. The monoisotopic (exact) mass is 314 g/mol. The molecule has 0 aliphatic heterocycles. The van der Waals surface area contributed by atoms with Crippen LogP contribution >= 0.6 is 0 Å². The van der Waals surface area contributed by atoms with Gasteiger partial charge in [-0.1, -0.05) is 32.6 Å². The number of benzene rings is 1. The maximum absolute atomic E-state index is 12.6. The number of halogens is 3. The molecule has 22 heavy (non-hydrogen) atoms. The number of nitrogens with one attached hydrogen (secondary N) is 1. The maximum atomic E-state index is 12.6. The Labute approximate surface area is 128 Å². The van der Waals surface area contributed by atoms with E-state index in [4.69, 9.17) is 0 Å². The first-order valence-corrected chi connectivity index (χ1v) is 7.14. The molecular formula is C16H21F3N2O. The fourth-order valence-electron chi connectivity index (χ4n) is 2.29. The molecule has 1 aromatic carbocycles. The van der Waals surface area contributed by atoms with Gasteiger partial charge in [0.2, 0.25) is 5.91 Å². The van der Waals surface area contributed by atoms with Gasteiger partial charge in [-0.15, -0.1) is 0 Å². The maximum Gasteiger partial charge on any atom is 0.416 e. The number of carbonyl (C=O) groups excluding carboxylic acids is 1. The zero-order chi connectivity index (χ0) is 16.8. The van der Waals surface area contributed by atoms with Gasteiger partial charge in [0.1, 0.15) is 0 Å². The average Bonchev–Trinajstić information content (AvgIpc) is 2.50. The number of rotatable bonds is 7. The van der Waals surface area contributed by atoms with Crippen molar-refractivity contribution in [1.29, 1.82) is 0 Å². The zero-order valence-electron chi connectivity index (χ0n) is 12.8. The van der Waals surface area contributed by atoms with Gasteiger partial charge in [0.05, 0.1) is 11.6 Å². The Morgan fingerprint density at radius 1 is 1.27 bits per heavy atom. The Kier molecular flexibility index (Phi) is 6.61. The lowest BCUT2D eigenvalue weighted by atomic mass is 10.0. The van der Waals surface area contributed by atoms with Gasteiger partial charge in [-0.2, -0.15) is 13.2 Å². The molecule has 6 heteroatoms. The predicted molar refractivity (Wildman–Crippen MR) is 80.3 cm³/mol. The number of alkyl halides is 3. The van der Waals surface area contributed by atoms with Crippen molar-refractivity contribution in [3.8, 4) is 0 Å².